The maximum Gasteiger partial charge on any atom is 0.343 e. The van der Waals surface area contributed by atoms with Crippen LogP contribution in [0.1, 0.15) is 85.4 Å². The van der Waals surface area contributed by atoms with Crippen molar-refractivity contribution in [3.63, 3.8) is 0 Å². The molecule has 168 valence electrons. The molecule has 0 radical (unpaired) electrons. The Morgan fingerprint density at radius 2 is 1.26 bits per heavy atom. The molecule has 4 nitrogen and oxygen atoms in total. The minimum Gasteiger partial charge on any atom is -0.462 e. The summed E-state index contributed by atoms with van der Waals surface area (Å²) in [6.45, 7) is 2.64. The molecule has 31 heavy (non-hydrogen) atoms. The number of hydrogen-bond donors (Lipinski definition) is 0. The largest absolute Gasteiger partial charge is 0.462 e. The second kappa shape index (κ2) is 14.1. The van der Waals surface area contributed by atoms with E-state index in [1.165, 1.54) is 63.1 Å². The molecule has 0 aromatic heterocycles. The zero-order chi connectivity index (χ0) is 22.5. The summed E-state index contributed by atoms with van der Waals surface area (Å²) in [6.07, 6.45) is 10.9. The fraction of sp³-hybridized carbons (Fsp3) is 0.440. The van der Waals surface area contributed by atoms with Gasteiger partial charge in [0.2, 0.25) is 0 Å². The van der Waals surface area contributed by atoms with E-state index in [1.807, 2.05) is 0 Å². The molecule has 0 aliphatic heterocycles. The number of carbonyl (C=O) groups excluding carboxylic acids is 2. The van der Waals surface area contributed by atoms with Crippen molar-refractivity contribution >= 4 is 35.1 Å². The molecule has 0 fully saturated rings. The van der Waals surface area contributed by atoms with Crippen LogP contribution >= 0.6 is 23.2 Å². The van der Waals surface area contributed by atoms with Gasteiger partial charge in [-0.3, -0.25) is 0 Å². The fourth-order valence-electron chi connectivity index (χ4n) is 3.11. The first kappa shape index (κ1) is 25.2. The van der Waals surface area contributed by atoms with Crippen molar-refractivity contribution in [2.75, 3.05) is 6.61 Å². The predicted molar refractivity (Wildman–Crippen MR) is 125 cm³/mol. The van der Waals surface area contributed by atoms with Crippen molar-refractivity contribution in [2.45, 2.75) is 64.7 Å². The summed E-state index contributed by atoms with van der Waals surface area (Å²) in [5.41, 5.74) is 0.726. The highest BCUT2D eigenvalue weighted by Gasteiger charge is 2.12. The monoisotopic (exact) mass is 464 g/mol. The van der Waals surface area contributed by atoms with Crippen LogP contribution in [0.2, 0.25) is 10.0 Å². The molecule has 2 aromatic rings. The molecular weight excluding hydrogens is 435 g/mol. The molecule has 0 amide bonds. The quantitative estimate of drug-likeness (QED) is 0.171. The Bertz CT molecular complexity index is 834. The molecule has 0 aliphatic rings. The summed E-state index contributed by atoms with van der Waals surface area (Å²) in [5.74, 6) is -0.638. The van der Waals surface area contributed by atoms with Crippen molar-refractivity contribution in [2.24, 2.45) is 0 Å². The summed E-state index contributed by atoms with van der Waals surface area (Å²) in [6, 6.07) is 10.8. The van der Waals surface area contributed by atoms with Crippen LogP contribution in [-0.4, -0.2) is 18.5 Å². The highest BCUT2D eigenvalue weighted by Crippen LogP contribution is 2.26. The lowest BCUT2D eigenvalue weighted by Gasteiger charge is -2.07. The van der Waals surface area contributed by atoms with Gasteiger partial charge in [0.15, 0.2) is 0 Å². The number of hydrogen-bond acceptors (Lipinski definition) is 4. The van der Waals surface area contributed by atoms with Crippen molar-refractivity contribution in [1.29, 1.82) is 0 Å². The first-order valence-electron chi connectivity index (χ1n) is 11.0. The van der Waals surface area contributed by atoms with E-state index in [4.69, 9.17) is 32.7 Å². The van der Waals surface area contributed by atoms with Gasteiger partial charge in [-0.05, 0) is 42.8 Å². The number of carbonyl (C=O) groups is 2. The van der Waals surface area contributed by atoms with Gasteiger partial charge in [-0.25, -0.2) is 9.59 Å². The van der Waals surface area contributed by atoms with Crippen molar-refractivity contribution in [1.82, 2.24) is 0 Å². The lowest BCUT2D eigenvalue weighted by Crippen LogP contribution is -2.10. The highest BCUT2D eigenvalue weighted by molar-refractivity contribution is 6.42. The molecular formula is C25H30Cl2O4. The standard InChI is InChI=1S/C25H30Cl2O4/c1-2-3-4-5-6-7-8-9-10-17-30-24(28)19-11-13-20(14-12-19)25(29)31-21-15-16-22(26)23(27)18-21/h11-16,18H,2-10,17H2,1H3. The zero-order valence-electron chi connectivity index (χ0n) is 18.0. The van der Waals surface area contributed by atoms with Crippen LogP contribution in [0, 0.1) is 0 Å². The summed E-state index contributed by atoms with van der Waals surface area (Å²) in [7, 11) is 0. The lowest BCUT2D eigenvalue weighted by atomic mass is 10.1. The van der Waals surface area contributed by atoms with Crippen molar-refractivity contribution < 1.29 is 19.1 Å². The van der Waals surface area contributed by atoms with E-state index in [2.05, 4.69) is 6.92 Å². The van der Waals surface area contributed by atoms with Crippen molar-refractivity contribution in [3.8, 4) is 5.75 Å². The number of ether oxygens (including phenoxy) is 2. The third kappa shape index (κ3) is 9.32. The average molecular weight is 465 g/mol. The first-order valence-corrected chi connectivity index (χ1v) is 11.7. The van der Waals surface area contributed by atoms with E-state index in [0.29, 0.717) is 33.5 Å². The third-order valence-electron chi connectivity index (χ3n) is 4.94. The smallest absolute Gasteiger partial charge is 0.343 e. The molecule has 0 unspecified atom stereocenters. The van der Waals surface area contributed by atoms with Crippen LogP contribution < -0.4 is 4.74 Å². The van der Waals surface area contributed by atoms with Gasteiger partial charge in [0.25, 0.3) is 0 Å². The molecule has 0 bridgehead atoms. The van der Waals surface area contributed by atoms with Crippen LogP contribution in [-0.2, 0) is 4.74 Å². The maximum atomic E-state index is 12.2. The van der Waals surface area contributed by atoms with Crippen LogP contribution in [0.3, 0.4) is 0 Å². The average Bonchev–Trinajstić information content (AvgIpc) is 2.77. The van der Waals surface area contributed by atoms with Crippen LogP contribution in [0.15, 0.2) is 42.5 Å². The molecule has 0 heterocycles. The molecule has 0 saturated heterocycles. The molecule has 2 rings (SSSR count). The summed E-state index contributed by atoms with van der Waals surface area (Å²) in [5, 5.41) is 0.684. The number of esters is 2. The number of rotatable bonds is 13. The van der Waals surface area contributed by atoms with Gasteiger partial charge >= 0.3 is 11.9 Å². The van der Waals surface area contributed by atoms with Gasteiger partial charge in [0.05, 0.1) is 27.8 Å². The van der Waals surface area contributed by atoms with E-state index in [1.54, 1.807) is 24.3 Å². The molecule has 6 heteroatoms. The van der Waals surface area contributed by atoms with E-state index in [-0.39, 0.29) is 5.97 Å². The van der Waals surface area contributed by atoms with Crippen LogP contribution in [0.5, 0.6) is 5.75 Å². The van der Waals surface area contributed by atoms with Crippen LogP contribution in [0.4, 0.5) is 0 Å². The second-order valence-electron chi connectivity index (χ2n) is 7.51. The Labute approximate surface area is 194 Å². The summed E-state index contributed by atoms with van der Waals surface area (Å²) >= 11 is 11.8. The SMILES string of the molecule is CCCCCCCCCCCOC(=O)c1ccc(C(=O)Oc2ccc(Cl)c(Cl)c2)cc1. The Morgan fingerprint density at radius 3 is 1.84 bits per heavy atom. The molecule has 0 spiro atoms. The third-order valence-corrected chi connectivity index (χ3v) is 5.68. The zero-order valence-corrected chi connectivity index (χ0v) is 19.5. The van der Waals surface area contributed by atoms with Crippen molar-refractivity contribution in [3.05, 3.63) is 63.6 Å². The minimum absolute atomic E-state index is 0.295. The summed E-state index contributed by atoms with van der Waals surface area (Å²) < 4.78 is 10.6. The predicted octanol–water partition coefficient (Wildman–Crippen LogP) is 7.90. The van der Waals surface area contributed by atoms with Gasteiger partial charge < -0.3 is 9.47 Å². The Balaban J connectivity index is 1.68. The van der Waals surface area contributed by atoms with E-state index in [9.17, 15) is 9.59 Å². The van der Waals surface area contributed by atoms with Gasteiger partial charge in [0, 0.05) is 6.07 Å². The normalized spacial score (nSPS) is 10.7. The minimum atomic E-state index is -0.548. The first-order chi connectivity index (χ1) is 15.0. The number of benzene rings is 2. The maximum absolute atomic E-state index is 12.2. The van der Waals surface area contributed by atoms with E-state index in [0.717, 1.165) is 12.8 Å². The number of halogens is 2. The molecule has 0 aliphatic carbocycles. The topological polar surface area (TPSA) is 52.6 Å². The van der Waals surface area contributed by atoms with Gasteiger partial charge in [-0.15, -0.1) is 0 Å². The fourth-order valence-corrected chi connectivity index (χ4v) is 3.40. The molecule has 0 N–H and O–H groups in total. The van der Waals surface area contributed by atoms with Gasteiger partial charge in [-0.1, -0.05) is 81.5 Å². The van der Waals surface area contributed by atoms with E-state index < -0.39 is 5.97 Å². The number of unbranched alkanes of at least 4 members (excludes halogenated alkanes) is 8. The Hall–Kier alpha value is -2.04. The van der Waals surface area contributed by atoms with Crippen LogP contribution in [0.25, 0.3) is 0 Å². The highest BCUT2D eigenvalue weighted by atomic mass is 35.5. The Morgan fingerprint density at radius 1 is 0.710 bits per heavy atom. The van der Waals surface area contributed by atoms with E-state index >= 15 is 0 Å². The van der Waals surface area contributed by atoms with Gasteiger partial charge in [0.1, 0.15) is 5.75 Å². The lowest BCUT2D eigenvalue weighted by molar-refractivity contribution is 0.0497. The van der Waals surface area contributed by atoms with Gasteiger partial charge in [-0.2, -0.15) is 0 Å². The Kier molecular flexibility index (Phi) is 11.5. The molecule has 0 saturated carbocycles. The molecule has 0 atom stereocenters. The second-order valence-corrected chi connectivity index (χ2v) is 8.32. The molecule has 2 aromatic carbocycles. The summed E-state index contributed by atoms with van der Waals surface area (Å²) in [4.78, 5) is 24.4.